The van der Waals surface area contributed by atoms with Crippen LogP contribution in [0.3, 0.4) is 0 Å². The van der Waals surface area contributed by atoms with Gasteiger partial charge in [0.1, 0.15) is 0 Å². The van der Waals surface area contributed by atoms with E-state index >= 15 is 0 Å². The Morgan fingerprint density at radius 1 is 1.23 bits per heavy atom. The molecule has 1 amide bonds. The number of piperidine rings is 1. The Labute approximate surface area is 150 Å². The van der Waals surface area contributed by atoms with Crippen LogP contribution in [0.1, 0.15) is 17.0 Å². The van der Waals surface area contributed by atoms with Gasteiger partial charge in [0.15, 0.2) is 11.3 Å². The van der Waals surface area contributed by atoms with Gasteiger partial charge in [-0.1, -0.05) is 0 Å². The topological polar surface area (TPSA) is 84.2 Å². The molecule has 0 bridgehead atoms. The zero-order valence-electron chi connectivity index (χ0n) is 14.2. The highest BCUT2D eigenvalue weighted by Crippen LogP contribution is 2.53. The molecule has 1 aliphatic heterocycles. The fourth-order valence-corrected chi connectivity index (χ4v) is 4.13. The van der Waals surface area contributed by atoms with E-state index in [-0.39, 0.29) is 5.91 Å². The molecular weight excluding hydrogens is 330 g/mol. The highest BCUT2D eigenvalue weighted by Gasteiger charge is 2.55. The summed E-state index contributed by atoms with van der Waals surface area (Å²) in [7, 11) is 0. The molecule has 2 aliphatic rings. The molecule has 3 aromatic rings. The highest BCUT2D eigenvalue weighted by molar-refractivity contribution is 5.95. The van der Waals surface area contributed by atoms with Gasteiger partial charge < -0.3 is 14.6 Å². The molecule has 5 rings (SSSR count). The maximum Gasteiger partial charge on any atom is 0.287 e. The van der Waals surface area contributed by atoms with Gasteiger partial charge in [0, 0.05) is 43.6 Å². The number of nitrogens with zero attached hydrogens (tertiary/aromatic N) is 4. The number of fused-ring (bicyclic) bond motifs is 2. The summed E-state index contributed by atoms with van der Waals surface area (Å²) >= 11 is 0. The molecule has 1 saturated heterocycles. The molecule has 2 fully saturated rings. The quantitative estimate of drug-likeness (QED) is 0.759. The number of hydrogen-bond acceptors (Lipinski definition) is 6. The van der Waals surface area contributed by atoms with Crippen molar-refractivity contribution >= 4 is 22.8 Å². The predicted molar refractivity (Wildman–Crippen MR) is 95.7 cm³/mol. The first-order valence-electron chi connectivity index (χ1n) is 8.93. The van der Waals surface area contributed by atoms with Gasteiger partial charge in [-0.15, -0.1) is 0 Å². The van der Waals surface area contributed by atoms with Crippen molar-refractivity contribution in [2.45, 2.75) is 6.42 Å². The molecule has 3 aromatic heterocycles. The number of hydrogen-bond donors (Lipinski definition) is 1. The smallest absolute Gasteiger partial charge is 0.287 e. The molecule has 4 heterocycles. The number of aromatic nitrogens is 3. The Morgan fingerprint density at radius 3 is 2.81 bits per heavy atom. The highest BCUT2D eigenvalue weighted by atomic mass is 16.3. The van der Waals surface area contributed by atoms with Crippen molar-refractivity contribution in [2.24, 2.45) is 17.8 Å². The van der Waals surface area contributed by atoms with E-state index in [0.717, 1.165) is 30.8 Å². The van der Waals surface area contributed by atoms with Crippen molar-refractivity contribution in [3.8, 4) is 0 Å². The van der Waals surface area contributed by atoms with Gasteiger partial charge in [0.2, 0.25) is 5.95 Å². The summed E-state index contributed by atoms with van der Waals surface area (Å²) in [5.74, 6) is 3.10. The lowest BCUT2D eigenvalue weighted by Crippen LogP contribution is -2.28. The van der Waals surface area contributed by atoms with Gasteiger partial charge in [0.05, 0.1) is 6.20 Å². The predicted octanol–water partition coefficient (Wildman–Crippen LogP) is 2.12. The van der Waals surface area contributed by atoms with Crippen molar-refractivity contribution < 1.29 is 9.21 Å². The SMILES string of the molecule is O=C(NCC[C@@H]1[C@H]2CN(c3ncccn3)C[C@@H]12)c1cc2ccncc2o1. The van der Waals surface area contributed by atoms with Gasteiger partial charge in [-0.3, -0.25) is 9.78 Å². The molecule has 1 N–H and O–H groups in total. The summed E-state index contributed by atoms with van der Waals surface area (Å²) in [6.07, 6.45) is 7.89. The Balaban J connectivity index is 1.11. The number of rotatable bonds is 5. The summed E-state index contributed by atoms with van der Waals surface area (Å²) in [6, 6.07) is 5.43. The normalized spacial score (nSPS) is 23.8. The first-order valence-corrected chi connectivity index (χ1v) is 8.93. The summed E-state index contributed by atoms with van der Waals surface area (Å²) in [5.41, 5.74) is 0.637. The minimum Gasteiger partial charge on any atom is -0.449 e. The van der Waals surface area contributed by atoms with Crippen LogP contribution in [0.25, 0.3) is 11.0 Å². The second kappa shape index (κ2) is 6.09. The first kappa shape index (κ1) is 15.3. The van der Waals surface area contributed by atoms with Crippen molar-refractivity contribution in [1.29, 1.82) is 0 Å². The van der Waals surface area contributed by atoms with Crippen LogP contribution in [0, 0.1) is 17.8 Å². The molecule has 0 spiro atoms. The fraction of sp³-hybridized carbons (Fsp3) is 0.368. The summed E-state index contributed by atoms with van der Waals surface area (Å²) in [4.78, 5) is 27.1. The average molecular weight is 349 g/mol. The number of carbonyl (C=O) groups excluding carboxylic acids is 1. The molecule has 1 saturated carbocycles. The van der Waals surface area contributed by atoms with E-state index in [9.17, 15) is 4.79 Å². The zero-order chi connectivity index (χ0) is 17.5. The molecule has 7 heteroatoms. The third kappa shape index (κ3) is 2.69. The number of anilines is 1. The van der Waals surface area contributed by atoms with Crippen LogP contribution in [0.5, 0.6) is 0 Å². The lowest BCUT2D eigenvalue weighted by molar-refractivity contribution is 0.0926. The maximum absolute atomic E-state index is 12.2. The van der Waals surface area contributed by atoms with Gasteiger partial charge in [-0.2, -0.15) is 0 Å². The minimum atomic E-state index is -0.161. The first-order chi connectivity index (χ1) is 12.8. The van der Waals surface area contributed by atoms with Crippen LogP contribution in [-0.2, 0) is 0 Å². The van der Waals surface area contributed by atoms with Crippen molar-refractivity contribution in [2.75, 3.05) is 24.5 Å². The number of furan rings is 1. The molecule has 7 nitrogen and oxygen atoms in total. The molecule has 0 aromatic carbocycles. The molecule has 0 radical (unpaired) electrons. The number of pyridine rings is 1. The van der Waals surface area contributed by atoms with Crippen LogP contribution < -0.4 is 10.2 Å². The molecule has 132 valence electrons. The van der Waals surface area contributed by atoms with Crippen LogP contribution >= 0.6 is 0 Å². The number of carbonyl (C=O) groups is 1. The average Bonchev–Trinajstić information content (AvgIpc) is 3.07. The maximum atomic E-state index is 12.2. The summed E-state index contributed by atoms with van der Waals surface area (Å²) in [6.45, 7) is 2.71. The standard InChI is InChI=1S/C19H19N5O2/c25-18(16-8-12-2-6-20-9-17(12)26-16)21-7-3-13-14-10-24(11-15(13)14)19-22-4-1-5-23-19/h1-2,4-6,8-9,13-15H,3,7,10-11H2,(H,21,25)/t13-,14-,15+. The number of amides is 1. The van der Waals surface area contributed by atoms with E-state index in [1.807, 2.05) is 12.1 Å². The Kier molecular flexibility index (Phi) is 3.58. The van der Waals surface area contributed by atoms with E-state index in [0.29, 0.717) is 35.6 Å². The molecular formula is C19H19N5O2. The fourth-order valence-electron chi connectivity index (χ4n) is 4.13. The van der Waals surface area contributed by atoms with Crippen molar-refractivity contribution in [3.05, 3.63) is 48.7 Å². The van der Waals surface area contributed by atoms with Crippen LogP contribution in [-0.4, -0.2) is 40.5 Å². The second-order valence-electron chi connectivity index (χ2n) is 7.01. The van der Waals surface area contributed by atoms with Crippen molar-refractivity contribution in [3.63, 3.8) is 0 Å². The monoisotopic (exact) mass is 349 g/mol. The van der Waals surface area contributed by atoms with Gasteiger partial charge in [-0.25, -0.2) is 9.97 Å². The molecule has 1 aliphatic carbocycles. The largest absolute Gasteiger partial charge is 0.449 e. The van der Waals surface area contributed by atoms with Crippen LogP contribution in [0.4, 0.5) is 5.95 Å². The lowest BCUT2D eigenvalue weighted by Gasteiger charge is -2.19. The Hall–Kier alpha value is -2.96. The van der Waals surface area contributed by atoms with Gasteiger partial charge in [-0.05, 0) is 42.4 Å². The van der Waals surface area contributed by atoms with Crippen molar-refractivity contribution in [1.82, 2.24) is 20.3 Å². The van der Waals surface area contributed by atoms with Gasteiger partial charge in [0.25, 0.3) is 5.91 Å². The summed E-state index contributed by atoms with van der Waals surface area (Å²) < 4.78 is 5.55. The van der Waals surface area contributed by atoms with E-state index in [4.69, 9.17) is 4.42 Å². The molecule has 3 atom stereocenters. The third-order valence-electron chi connectivity index (χ3n) is 5.52. The summed E-state index contributed by atoms with van der Waals surface area (Å²) in [5, 5.41) is 3.87. The third-order valence-corrected chi connectivity index (χ3v) is 5.52. The van der Waals surface area contributed by atoms with E-state index < -0.39 is 0 Å². The second-order valence-corrected chi connectivity index (χ2v) is 7.01. The Bertz CT molecular complexity index is 896. The van der Waals surface area contributed by atoms with Crippen LogP contribution in [0.2, 0.25) is 0 Å². The Morgan fingerprint density at radius 2 is 2.04 bits per heavy atom. The van der Waals surface area contributed by atoms with E-state index in [2.05, 4.69) is 25.2 Å². The lowest BCUT2D eigenvalue weighted by atomic mass is 10.2. The minimum absolute atomic E-state index is 0.161. The van der Waals surface area contributed by atoms with E-state index in [1.165, 1.54) is 0 Å². The van der Waals surface area contributed by atoms with E-state index in [1.54, 1.807) is 30.9 Å². The van der Waals surface area contributed by atoms with Crippen LogP contribution in [0.15, 0.2) is 47.4 Å². The number of nitrogens with one attached hydrogen (secondary N) is 1. The molecule has 0 unspecified atom stereocenters. The van der Waals surface area contributed by atoms with Gasteiger partial charge >= 0.3 is 0 Å². The molecule has 26 heavy (non-hydrogen) atoms. The zero-order valence-corrected chi connectivity index (χ0v) is 14.2.